The van der Waals surface area contributed by atoms with Crippen molar-refractivity contribution in [2.45, 2.75) is 12.7 Å². The number of alkyl halides is 3. The zero-order valence-corrected chi connectivity index (χ0v) is 10.8. The lowest BCUT2D eigenvalue weighted by Gasteiger charge is -2.08. The Balaban J connectivity index is 1.90. The predicted molar refractivity (Wildman–Crippen MR) is 69.0 cm³/mol. The van der Waals surface area contributed by atoms with E-state index in [1.807, 2.05) is 0 Å². The van der Waals surface area contributed by atoms with E-state index in [2.05, 4.69) is 5.10 Å². The maximum Gasteiger partial charge on any atom is 0.488 e. The molecule has 2 aromatic rings. The van der Waals surface area contributed by atoms with Crippen molar-refractivity contribution in [1.29, 1.82) is 0 Å². The number of hydrogen-bond donors (Lipinski definition) is 2. The summed E-state index contributed by atoms with van der Waals surface area (Å²) in [6.07, 6.45) is -3.24. The van der Waals surface area contributed by atoms with Crippen molar-refractivity contribution in [3.05, 3.63) is 42.2 Å². The molecule has 0 aliphatic heterocycles. The smallest absolute Gasteiger partial charge is 0.488 e. The first-order chi connectivity index (χ1) is 9.86. The van der Waals surface area contributed by atoms with Crippen molar-refractivity contribution >= 4 is 12.6 Å². The Bertz CT molecular complexity index is 601. The van der Waals surface area contributed by atoms with Crippen LogP contribution in [0.5, 0.6) is 5.75 Å². The number of nitrogens with zero attached hydrogens (tertiary/aromatic N) is 2. The molecule has 5 nitrogen and oxygen atoms in total. The molecule has 1 heterocycles. The van der Waals surface area contributed by atoms with E-state index in [-0.39, 0.29) is 18.6 Å². The van der Waals surface area contributed by atoms with Gasteiger partial charge in [-0.15, -0.1) is 0 Å². The maximum absolute atomic E-state index is 12.4. The summed E-state index contributed by atoms with van der Waals surface area (Å²) >= 11 is 0. The molecule has 0 saturated carbocycles. The summed E-state index contributed by atoms with van der Waals surface area (Å²) in [7, 11) is -1.60. The Labute approximate surface area is 118 Å². The Morgan fingerprint density at radius 3 is 2.62 bits per heavy atom. The summed E-state index contributed by atoms with van der Waals surface area (Å²) < 4.78 is 43.5. The summed E-state index contributed by atoms with van der Waals surface area (Å²) in [5.41, 5.74) is -0.682. The van der Waals surface area contributed by atoms with E-state index in [9.17, 15) is 13.2 Å². The van der Waals surface area contributed by atoms with Crippen molar-refractivity contribution in [2.24, 2.45) is 0 Å². The molecule has 0 bridgehead atoms. The second-order valence-corrected chi connectivity index (χ2v) is 4.26. The highest BCUT2D eigenvalue weighted by Crippen LogP contribution is 2.27. The molecule has 0 aliphatic rings. The molecule has 2 rings (SSSR count). The van der Waals surface area contributed by atoms with E-state index in [0.29, 0.717) is 5.75 Å². The van der Waals surface area contributed by atoms with Crippen LogP contribution in [0.25, 0.3) is 0 Å². The molecule has 0 radical (unpaired) electrons. The third-order valence-electron chi connectivity index (χ3n) is 2.68. The zero-order valence-electron chi connectivity index (χ0n) is 10.8. The summed E-state index contributed by atoms with van der Waals surface area (Å²) in [5.74, 6) is 0.392. The number of halogens is 3. The third kappa shape index (κ3) is 4.23. The first-order valence-electron chi connectivity index (χ1n) is 6.06. The minimum Gasteiger partial charge on any atom is -0.492 e. The summed E-state index contributed by atoms with van der Waals surface area (Å²) in [6.45, 7) is 0.242. The molecular weight excluding hydrogens is 288 g/mol. The normalized spacial score (nSPS) is 11.5. The molecule has 1 aromatic heterocycles. The van der Waals surface area contributed by atoms with Crippen LogP contribution in [0.4, 0.5) is 13.2 Å². The van der Waals surface area contributed by atoms with Gasteiger partial charge < -0.3 is 14.8 Å². The Hall–Kier alpha value is -2.00. The maximum atomic E-state index is 12.4. The Morgan fingerprint density at radius 1 is 1.24 bits per heavy atom. The number of ether oxygens (including phenoxy) is 1. The number of benzene rings is 1. The summed E-state index contributed by atoms with van der Waals surface area (Å²) in [5, 5.41) is 21.4. The van der Waals surface area contributed by atoms with Crippen LogP contribution in [0, 0.1) is 0 Å². The third-order valence-corrected chi connectivity index (χ3v) is 2.68. The van der Waals surface area contributed by atoms with Crippen molar-refractivity contribution in [3.8, 4) is 5.75 Å². The van der Waals surface area contributed by atoms with Crippen LogP contribution in [0.1, 0.15) is 5.69 Å². The van der Waals surface area contributed by atoms with Crippen molar-refractivity contribution in [2.75, 3.05) is 6.61 Å². The highest BCUT2D eigenvalue weighted by molar-refractivity contribution is 6.58. The van der Waals surface area contributed by atoms with Gasteiger partial charge in [0.1, 0.15) is 12.4 Å². The molecule has 112 valence electrons. The summed E-state index contributed by atoms with van der Waals surface area (Å²) in [4.78, 5) is 0. The van der Waals surface area contributed by atoms with Gasteiger partial charge in [-0.05, 0) is 23.7 Å². The fourth-order valence-electron chi connectivity index (χ4n) is 1.66. The van der Waals surface area contributed by atoms with Crippen LogP contribution < -0.4 is 10.2 Å². The van der Waals surface area contributed by atoms with E-state index < -0.39 is 19.0 Å². The SMILES string of the molecule is OB(O)c1cccc(OCCn2ccc(C(F)(F)F)n2)c1. The fourth-order valence-corrected chi connectivity index (χ4v) is 1.66. The lowest BCUT2D eigenvalue weighted by atomic mass is 9.80. The molecule has 0 fully saturated rings. The first-order valence-corrected chi connectivity index (χ1v) is 6.06. The van der Waals surface area contributed by atoms with Gasteiger partial charge in [-0.3, -0.25) is 4.68 Å². The van der Waals surface area contributed by atoms with Gasteiger partial charge in [-0.25, -0.2) is 0 Å². The van der Waals surface area contributed by atoms with E-state index in [4.69, 9.17) is 14.8 Å². The monoisotopic (exact) mass is 300 g/mol. The molecule has 21 heavy (non-hydrogen) atoms. The van der Waals surface area contributed by atoms with Gasteiger partial charge in [0.15, 0.2) is 5.69 Å². The largest absolute Gasteiger partial charge is 0.492 e. The van der Waals surface area contributed by atoms with E-state index in [0.717, 1.165) is 10.7 Å². The molecule has 1 aromatic carbocycles. The molecule has 2 N–H and O–H groups in total. The highest BCUT2D eigenvalue weighted by Gasteiger charge is 2.33. The average Bonchev–Trinajstić information content (AvgIpc) is 2.88. The Kier molecular flexibility index (Phi) is 4.54. The second kappa shape index (κ2) is 6.19. The van der Waals surface area contributed by atoms with Crippen LogP contribution in [0.15, 0.2) is 36.5 Å². The van der Waals surface area contributed by atoms with Gasteiger partial charge in [0.25, 0.3) is 0 Å². The van der Waals surface area contributed by atoms with Gasteiger partial charge in [0.05, 0.1) is 6.54 Å². The van der Waals surface area contributed by atoms with Gasteiger partial charge >= 0.3 is 13.3 Å². The molecule has 0 amide bonds. The predicted octanol–water partition coefficient (Wildman–Crippen LogP) is 0.661. The van der Waals surface area contributed by atoms with Crippen LogP contribution in [-0.4, -0.2) is 33.6 Å². The van der Waals surface area contributed by atoms with Crippen LogP contribution in [0.3, 0.4) is 0 Å². The molecule has 0 saturated heterocycles. The Morgan fingerprint density at radius 2 is 2.00 bits per heavy atom. The van der Waals surface area contributed by atoms with Gasteiger partial charge in [-0.2, -0.15) is 18.3 Å². The number of rotatable bonds is 5. The van der Waals surface area contributed by atoms with Gasteiger partial charge in [0.2, 0.25) is 0 Å². The lowest BCUT2D eigenvalue weighted by Crippen LogP contribution is -2.29. The standard InChI is InChI=1S/C12H12BF3N2O3/c14-12(15,16)11-4-5-18(17-11)6-7-21-10-3-1-2-9(8-10)13(19)20/h1-5,8,19-20H,6-7H2. The van der Waals surface area contributed by atoms with Crippen LogP contribution in [-0.2, 0) is 12.7 Å². The zero-order chi connectivity index (χ0) is 15.5. The first kappa shape index (κ1) is 15.4. The fraction of sp³-hybridized carbons (Fsp3) is 0.250. The quantitative estimate of drug-likeness (QED) is 0.796. The summed E-state index contributed by atoms with van der Waals surface area (Å²) in [6, 6.07) is 7.04. The van der Waals surface area contributed by atoms with E-state index in [1.54, 1.807) is 12.1 Å². The van der Waals surface area contributed by atoms with E-state index in [1.165, 1.54) is 18.3 Å². The molecule has 0 aliphatic carbocycles. The van der Waals surface area contributed by atoms with Crippen molar-refractivity contribution in [1.82, 2.24) is 9.78 Å². The van der Waals surface area contributed by atoms with Crippen molar-refractivity contribution < 1.29 is 28.0 Å². The van der Waals surface area contributed by atoms with Crippen LogP contribution >= 0.6 is 0 Å². The second-order valence-electron chi connectivity index (χ2n) is 4.26. The minimum absolute atomic E-state index is 0.101. The van der Waals surface area contributed by atoms with Gasteiger partial charge in [0, 0.05) is 6.20 Å². The number of hydrogen-bond acceptors (Lipinski definition) is 4. The average molecular weight is 300 g/mol. The lowest BCUT2D eigenvalue weighted by molar-refractivity contribution is -0.141. The molecule has 0 spiro atoms. The number of aromatic nitrogens is 2. The minimum atomic E-state index is -4.46. The molecule has 9 heteroatoms. The highest BCUT2D eigenvalue weighted by atomic mass is 19.4. The molecule has 0 atom stereocenters. The van der Waals surface area contributed by atoms with Gasteiger partial charge in [-0.1, -0.05) is 12.1 Å². The van der Waals surface area contributed by atoms with Crippen LogP contribution in [0.2, 0.25) is 0 Å². The molecular formula is C12H12BF3N2O3. The topological polar surface area (TPSA) is 67.5 Å². The van der Waals surface area contributed by atoms with E-state index >= 15 is 0 Å². The van der Waals surface area contributed by atoms with Crippen molar-refractivity contribution in [3.63, 3.8) is 0 Å². The molecule has 0 unspecified atom stereocenters.